The van der Waals surface area contributed by atoms with Crippen LogP contribution in [0.2, 0.25) is 0 Å². The molecule has 0 aromatic heterocycles. The zero-order valence-electron chi connectivity index (χ0n) is 10.7. The maximum Gasteiger partial charge on any atom is 0.224 e. The summed E-state index contributed by atoms with van der Waals surface area (Å²) in [5, 5.41) is 23.5. The fraction of sp³-hybridized carbons (Fsp3) is 0.385. The molecule has 6 heteroatoms. The van der Waals surface area contributed by atoms with Gasteiger partial charge in [0, 0.05) is 18.5 Å². The van der Waals surface area contributed by atoms with E-state index in [1.807, 2.05) is 0 Å². The second kappa shape index (κ2) is 7.97. The number of aromatic hydroxyl groups is 1. The highest BCUT2D eigenvalue weighted by Crippen LogP contribution is 2.15. The molecule has 0 saturated heterocycles. The van der Waals surface area contributed by atoms with E-state index in [1.165, 1.54) is 0 Å². The summed E-state index contributed by atoms with van der Waals surface area (Å²) in [6, 6.07) is 6.76. The van der Waals surface area contributed by atoms with Crippen molar-refractivity contribution in [1.29, 1.82) is 0 Å². The molecule has 0 bridgehead atoms. The number of rotatable bonds is 7. The van der Waals surface area contributed by atoms with E-state index in [-0.39, 0.29) is 23.9 Å². The van der Waals surface area contributed by atoms with Crippen molar-refractivity contribution in [1.82, 2.24) is 5.32 Å². The van der Waals surface area contributed by atoms with Crippen molar-refractivity contribution in [2.75, 3.05) is 6.54 Å². The van der Waals surface area contributed by atoms with E-state index < -0.39 is 0 Å². The lowest BCUT2D eigenvalue weighted by molar-refractivity contribution is -0.120. The molecule has 0 fully saturated rings. The van der Waals surface area contributed by atoms with Crippen LogP contribution >= 0.6 is 0 Å². The average Bonchev–Trinajstić information content (AvgIpc) is 2.40. The largest absolute Gasteiger partial charge is 0.508 e. The number of hydrogen-bond donors (Lipinski definition) is 4. The summed E-state index contributed by atoms with van der Waals surface area (Å²) in [7, 11) is 0. The smallest absolute Gasteiger partial charge is 0.224 e. The van der Waals surface area contributed by atoms with E-state index in [1.54, 1.807) is 24.3 Å². The molecule has 0 aliphatic rings. The number of phenolic OH excluding ortho intramolecular Hbond substituents is 1. The molecule has 0 unspecified atom stereocenters. The summed E-state index contributed by atoms with van der Waals surface area (Å²) in [5.41, 5.74) is 5.93. The third-order valence-electron chi connectivity index (χ3n) is 2.65. The van der Waals surface area contributed by atoms with Crippen molar-refractivity contribution in [3.63, 3.8) is 0 Å². The molecule has 1 aromatic carbocycles. The predicted molar refractivity (Wildman–Crippen MR) is 72.1 cm³/mol. The van der Waals surface area contributed by atoms with E-state index in [9.17, 15) is 9.90 Å². The van der Waals surface area contributed by atoms with Crippen LogP contribution in [0.5, 0.6) is 5.75 Å². The van der Waals surface area contributed by atoms with E-state index in [0.717, 1.165) is 12.8 Å². The van der Waals surface area contributed by atoms with Crippen LogP contribution in [-0.4, -0.2) is 28.6 Å². The second-order valence-corrected chi connectivity index (χ2v) is 4.20. The van der Waals surface area contributed by atoms with Crippen LogP contribution in [0.25, 0.3) is 0 Å². The SMILES string of the molecule is N/C(CCCCNC(=O)Cc1ccccc1O)=N/O. The molecule has 0 saturated carbocycles. The number of unbranched alkanes of at least 4 members (excludes halogenated alkanes) is 1. The van der Waals surface area contributed by atoms with Crippen molar-refractivity contribution in [2.24, 2.45) is 10.9 Å². The van der Waals surface area contributed by atoms with Gasteiger partial charge in [-0.2, -0.15) is 0 Å². The molecule has 5 N–H and O–H groups in total. The average molecular weight is 265 g/mol. The Morgan fingerprint density at radius 1 is 1.32 bits per heavy atom. The molecule has 0 radical (unpaired) electrons. The molecule has 1 aromatic rings. The van der Waals surface area contributed by atoms with Crippen molar-refractivity contribution in [2.45, 2.75) is 25.7 Å². The summed E-state index contributed by atoms with van der Waals surface area (Å²) in [5.74, 6) is 0.190. The van der Waals surface area contributed by atoms with Gasteiger partial charge in [0.15, 0.2) is 0 Å². The van der Waals surface area contributed by atoms with Gasteiger partial charge in [-0.05, 0) is 18.9 Å². The lowest BCUT2D eigenvalue weighted by atomic mass is 10.1. The minimum Gasteiger partial charge on any atom is -0.508 e. The predicted octanol–water partition coefficient (Wildman–Crippen LogP) is 0.968. The van der Waals surface area contributed by atoms with Crippen LogP contribution in [-0.2, 0) is 11.2 Å². The molecule has 0 heterocycles. The number of nitrogens with one attached hydrogen (secondary N) is 1. The number of carbonyl (C=O) groups is 1. The second-order valence-electron chi connectivity index (χ2n) is 4.20. The third kappa shape index (κ3) is 5.76. The number of para-hydroxylation sites is 1. The Labute approximate surface area is 111 Å². The number of hydrogen-bond acceptors (Lipinski definition) is 4. The Hall–Kier alpha value is -2.24. The van der Waals surface area contributed by atoms with Crippen LogP contribution < -0.4 is 11.1 Å². The maximum atomic E-state index is 11.6. The van der Waals surface area contributed by atoms with Crippen molar-refractivity contribution < 1.29 is 15.1 Å². The van der Waals surface area contributed by atoms with Crippen LogP contribution in [0.15, 0.2) is 29.4 Å². The molecule has 1 amide bonds. The molecule has 6 nitrogen and oxygen atoms in total. The number of oxime groups is 1. The topological polar surface area (TPSA) is 108 Å². The number of phenols is 1. The van der Waals surface area contributed by atoms with Gasteiger partial charge >= 0.3 is 0 Å². The molecule has 1 rings (SSSR count). The fourth-order valence-electron chi connectivity index (χ4n) is 1.60. The lowest BCUT2D eigenvalue weighted by Gasteiger charge is -2.06. The van der Waals surface area contributed by atoms with Crippen molar-refractivity contribution in [3.05, 3.63) is 29.8 Å². The van der Waals surface area contributed by atoms with E-state index in [4.69, 9.17) is 10.9 Å². The monoisotopic (exact) mass is 265 g/mol. The van der Waals surface area contributed by atoms with E-state index in [2.05, 4.69) is 10.5 Å². The number of amidine groups is 1. The van der Waals surface area contributed by atoms with Gasteiger partial charge in [0.25, 0.3) is 0 Å². The molecule has 0 aliphatic carbocycles. The first-order chi connectivity index (χ1) is 9.13. The Morgan fingerprint density at radius 3 is 2.74 bits per heavy atom. The van der Waals surface area contributed by atoms with Gasteiger partial charge < -0.3 is 21.4 Å². The summed E-state index contributed by atoms with van der Waals surface area (Å²) in [6.45, 7) is 0.533. The standard InChI is InChI=1S/C13H19N3O3/c14-12(16-19)7-3-4-8-15-13(18)9-10-5-1-2-6-11(10)17/h1-2,5-6,17,19H,3-4,7-9H2,(H2,14,16)(H,15,18). The van der Waals surface area contributed by atoms with Crippen molar-refractivity contribution in [3.8, 4) is 5.75 Å². The van der Waals surface area contributed by atoms with E-state index >= 15 is 0 Å². The minimum atomic E-state index is -0.134. The highest BCUT2D eigenvalue weighted by atomic mass is 16.4. The highest BCUT2D eigenvalue weighted by molar-refractivity contribution is 5.80. The summed E-state index contributed by atoms with van der Waals surface area (Å²) in [4.78, 5) is 11.6. The van der Waals surface area contributed by atoms with Crippen molar-refractivity contribution >= 4 is 11.7 Å². The van der Waals surface area contributed by atoms with E-state index in [0.29, 0.717) is 18.5 Å². The first-order valence-electron chi connectivity index (χ1n) is 6.13. The van der Waals surface area contributed by atoms with Gasteiger partial charge in [0.2, 0.25) is 5.91 Å². The maximum absolute atomic E-state index is 11.6. The first kappa shape index (κ1) is 14.8. The lowest BCUT2D eigenvalue weighted by Crippen LogP contribution is -2.26. The van der Waals surface area contributed by atoms with Gasteiger partial charge in [0.1, 0.15) is 11.6 Å². The van der Waals surface area contributed by atoms with Crippen LogP contribution in [0.3, 0.4) is 0 Å². The van der Waals surface area contributed by atoms with Crippen LogP contribution in [0.4, 0.5) is 0 Å². The Kier molecular flexibility index (Phi) is 6.21. The third-order valence-corrected chi connectivity index (χ3v) is 2.65. The summed E-state index contributed by atoms with van der Waals surface area (Å²) < 4.78 is 0. The first-order valence-corrected chi connectivity index (χ1v) is 6.13. The molecular weight excluding hydrogens is 246 g/mol. The normalized spacial score (nSPS) is 11.3. The molecular formula is C13H19N3O3. The van der Waals surface area contributed by atoms with Gasteiger partial charge in [-0.3, -0.25) is 4.79 Å². The number of nitrogens with two attached hydrogens (primary N) is 1. The fourth-order valence-corrected chi connectivity index (χ4v) is 1.60. The number of amides is 1. The highest BCUT2D eigenvalue weighted by Gasteiger charge is 2.06. The van der Waals surface area contributed by atoms with Crippen LogP contribution in [0.1, 0.15) is 24.8 Å². The number of carbonyl (C=O) groups excluding carboxylic acids is 1. The molecule has 104 valence electrons. The van der Waals surface area contributed by atoms with Gasteiger partial charge in [0.05, 0.1) is 6.42 Å². The van der Waals surface area contributed by atoms with Gasteiger partial charge in [-0.25, -0.2) is 0 Å². The summed E-state index contributed by atoms with van der Waals surface area (Å²) >= 11 is 0. The van der Waals surface area contributed by atoms with Gasteiger partial charge in [-0.1, -0.05) is 23.4 Å². The molecule has 0 atom stereocenters. The Balaban J connectivity index is 2.20. The number of benzene rings is 1. The molecule has 19 heavy (non-hydrogen) atoms. The van der Waals surface area contributed by atoms with Gasteiger partial charge in [-0.15, -0.1) is 0 Å². The number of nitrogens with zero attached hydrogens (tertiary/aromatic N) is 1. The molecule has 0 spiro atoms. The zero-order valence-corrected chi connectivity index (χ0v) is 10.7. The Morgan fingerprint density at radius 2 is 2.05 bits per heavy atom. The molecule has 0 aliphatic heterocycles. The minimum absolute atomic E-state index is 0.129. The zero-order chi connectivity index (χ0) is 14.1. The quantitative estimate of drug-likeness (QED) is 0.194. The Bertz CT molecular complexity index is 447. The summed E-state index contributed by atoms with van der Waals surface area (Å²) in [6.07, 6.45) is 2.16. The van der Waals surface area contributed by atoms with Crippen LogP contribution in [0, 0.1) is 0 Å².